The van der Waals surface area contributed by atoms with E-state index in [9.17, 15) is 5.11 Å². The zero-order chi connectivity index (χ0) is 13.9. The summed E-state index contributed by atoms with van der Waals surface area (Å²) in [5.41, 5.74) is 0.609. The zero-order valence-electron chi connectivity index (χ0n) is 12.2. The Labute approximate surface area is 119 Å². The summed E-state index contributed by atoms with van der Waals surface area (Å²) in [7, 11) is 4.03. The second-order valence-electron chi connectivity index (χ2n) is 5.79. The second-order valence-corrected chi connectivity index (χ2v) is 6.85. The number of nitrogens with one attached hydrogen (secondary N) is 1. The number of hydrogen-bond donors (Lipinski definition) is 2. The van der Waals surface area contributed by atoms with Gasteiger partial charge in [-0.15, -0.1) is 11.3 Å². The highest BCUT2D eigenvalue weighted by Crippen LogP contribution is 2.28. The summed E-state index contributed by atoms with van der Waals surface area (Å²) >= 11 is 1.72. The molecule has 0 radical (unpaired) electrons. The molecule has 108 valence electrons. The van der Waals surface area contributed by atoms with Crippen molar-refractivity contribution in [1.82, 2.24) is 10.3 Å². The van der Waals surface area contributed by atoms with Gasteiger partial charge < -0.3 is 15.3 Å². The van der Waals surface area contributed by atoms with Crippen LogP contribution < -0.4 is 10.2 Å². The molecular formula is C14H25N3OS. The Morgan fingerprint density at radius 3 is 2.58 bits per heavy atom. The quantitative estimate of drug-likeness (QED) is 0.870. The number of hydrogen-bond acceptors (Lipinski definition) is 5. The van der Waals surface area contributed by atoms with Crippen molar-refractivity contribution in [3.63, 3.8) is 0 Å². The molecular weight excluding hydrogens is 258 g/mol. The fraction of sp³-hybridized carbons (Fsp3) is 0.786. The van der Waals surface area contributed by atoms with Gasteiger partial charge >= 0.3 is 0 Å². The lowest BCUT2D eigenvalue weighted by Gasteiger charge is -2.32. The fourth-order valence-corrected chi connectivity index (χ4v) is 3.52. The molecule has 0 aromatic carbocycles. The van der Waals surface area contributed by atoms with Crippen molar-refractivity contribution in [1.29, 1.82) is 0 Å². The van der Waals surface area contributed by atoms with Crippen LogP contribution in [0.4, 0.5) is 5.13 Å². The van der Waals surface area contributed by atoms with Gasteiger partial charge in [0.05, 0.1) is 11.3 Å². The molecule has 1 aromatic heterocycles. The van der Waals surface area contributed by atoms with Gasteiger partial charge in [0.1, 0.15) is 0 Å². The van der Waals surface area contributed by atoms with E-state index in [-0.39, 0.29) is 0 Å². The van der Waals surface area contributed by atoms with Crippen LogP contribution in [0.2, 0.25) is 0 Å². The Balaban J connectivity index is 1.85. The molecule has 0 amide bonds. The van der Waals surface area contributed by atoms with Crippen LogP contribution in [0.25, 0.3) is 0 Å². The van der Waals surface area contributed by atoms with Crippen molar-refractivity contribution in [2.24, 2.45) is 0 Å². The highest BCUT2D eigenvalue weighted by Gasteiger charge is 2.28. The molecule has 1 aromatic rings. The van der Waals surface area contributed by atoms with E-state index in [1.165, 1.54) is 11.3 Å². The average Bonchev–Trinajstić information content (AvgIpc) is 2.72. The van der Waals surface area contributed by atoms with Crippen LogP contribution in [0, 0.1) is 6.92 Å². The predicted octanol–water partition coefficient (Wildman–Crippen LogP) is 2.30. The van der Waals surface area contributed by atoms with E-state index in [1.807, 2.05) is 19.0 Å². The Morgan fingerprint density at radius 1 is 1.32 bits per heavy atom. The topological polar surface area (TPSA) is 48.4 Å². The summed E-state index contributed by atoms with van der Waals surface area (Å²) < 4.78 is 0. The Kier molecular flexibility index (Phi) is 4.81. The van der Waals surface area contributed by atoms with Gasteiger partial charge in [-0.2, -0.15) is 0 Å². The number of thiazole rings is 1. The van der Waals surface area contributed by atoms with Crippen molar-refractivity contribution in [3.8, 4) is 0 Å². The van der Waals surface area contributed by atoms with Gasteiger partial charge in [-0.3, -0.25) is 0 Å². The highest BCUT2D eigenvalue weighted by atomic mass is 32.1. The van der Waals surface area contributed by atoms with Gasteiger partial charge in [0, 0.05) is 32.1 Å². The lowest BCUT2D eigenvalue weighted by atomic mass is 9.85. The number of aliphatic hydroxyl groups is 1. The molecule has 1 heterocycles. The highest BCUT2D eigenvalue weighted by molar-refractivity contribution is 7.15. The Morgan fingerprint density at radius 2 is 2.00 bits per heavy atom. The summed E-state index contributed by atoms with van der Waals surface area (Å²) in [6.07, 6.45) is 5.45. The third kappa shape index (κ3) is 3.91. The van der Waals surface area contributed by atoms with E-state index in [0.717, 1.165) is 43.1 Å². The number of aryl methyl sites for hydroxylation is 1. The van der Waals surface area contributed by atoms with Crippen LogP contribution in [-0.2, 0) is 6.54 Å². The van der Waals surface area contributed by atoms with Gasteiger partial charge in [0.25, 0.3) is 0 Å². The maximum atomic E-state index is 10.4. The molecule has 1 aliphatic rings. The maximum absolute atomic E-state index is 10.4. The first-order valence-corrected chi connectivity index (χ1v) is 7.88. The summed E-state index contributed by atoms with van der Waals surface area (Å²) in [4.78, 5) is 7.84. The van der Waals surface area contributed by atoms with Crippen LogP contribution in [0.5, 0.6) is 0 Å². The number of aromatic nitrogens is 1. The monoisotopic (exact) mass is 283 g/mol. The molecule has 0 spiro atoms. The van der Waals surface area contributed by atoms with Crippen molar-refractivity contribution >= 4 is 16.5 Å². The van der Waals surface area contributed by atoms with E-state index >= 15 is 0 Å². The van der Waals surface area contributed by atoms with E-state index < -0.39 is 5.60 Å². The van der Waals surface area contributed by atoms with Crippen LogP contribution in [0.3, 0.4) is 0 Å². The molecule has 2 rings (SSSR count). The number of nitrogens with zero attached hydrogens (tertiary/aromatic N) is 2. The second kappa shape index (κ2) is 6.20. The smallest absolute Gasteiger partial charge is 0.185 e. The third-order valence-electron chi connectivity index (χ3n) is 3.79. The summed E-state index contributed by atoms with van der Waals surface area (Å²) in [6, 6.07) is 0. The maximum Gasteiger partial charge on any atom is 0.185 e. The summed E-state index contributed by atoms with van der Waals surface area (Å²) in [5.74, 6) is 0. The molecule has 0 saturated heterocycles. The van der Waals surface area contributed by atoms with E-state index in [0.29, 0.717) is 6.54 Å². The number of anilines is 1. The SMILES string of the molecule is Cc1nc(N(C)C)sc1CNCC1(O)CCCCC1. The molecule has 0 atom stereocenters. The molecule has 2 N–H and O–H groups in total. The van der Waals surface area contributed by atoms with Crippen molar-refractivity contribution in [3.05, 3.63) is 10.6 Å². The van der Waals surface area contributed by atoms with Gasteiger partial charge in [0.15, 0.2) is 5.13 Å². The first-order valence-electron chi connectivity index (χ1n) is 7.07. The molecule has 4 nitrogen and oxygen atoms in total. The number of rotatable bonds is 5. The molecule has 0 bridgehead atoms. The molecule has 5 heteroatoms. The first kappa shape index (κ1) is 14.8. The Hall–Kier alpha value is -0.650. The average molecular weight is 283 g/mol. The minimum atomic E-state index is -0.485. The minimum absolute atomic E-state index is 0.485. The van der Waals surface area contributed by atoms with E-state index in [2.05, 4.69) is 17.2 Å². The van der Waals surface area contributed by atoms with Gasteiger partial charge in [-0.1, -0.05) is 19.3 Å². The zero-order valence-corrected chi connectivity index (χ0v) is 13.0. The van der Waals surface area contributed by atoms with Crippen molar-refractivity contribution in [2.45, 2.75) is 51.2 Å². The predicted molar refractivity (Wildman–Crippen MR) is 80.9 cm³/mol. The van der Waals surface area contributed by atoms with Gasteiger partial charge in [-0.25, -0.2) is 4.98 Å². The Bertz CT molecular complexity index is 411. The standard InChI is InChI=1S/C14H25N3OS/c1-11-12(19-13(16-11)17(2)3)9-15-10-14(18)7-5-4-6-8-14/h15,18H,4-10H2,1-3H3. The molecule has 1 saturated carbocycles. The molecule has 19 heavy (non-hydrogen) atoms. The van der Waals surface area contributed by atoms with Gasteiger partial charge in [0.2, 0.25) is 0 Å². The van der Waals surface area contributed by atoms with Crippen LogP contribution >= 0.6 is 11.3 Å². The lowest BCUT2D eigenvalue weighted by Crippen LogP contribution is -2.41. The van der Waals surface area contributed by atoms with Crippen LogP contribution in [0.15, 0.2) is 0 Å². The third-order valence-corrected chi connectivity index (χ3v) is 5.11. The molecule has 1 fully saturated rings. The molecule has 1 aliphatic carbocycles. The van der Waals surface area contributed by atoms with Gasteiger partial charge in [-0.05, 0) is 19.8 Å². The summed E-state index contributed by atoms with van der Waals surface area (Å²) in [6.45, 7) is 3.55. The van der Waals surface area contributed by atoms with Crippen LogP contribution in [0.1, 0.15) is 42.7 Å². The summed E-state index contributed by atoms with van der Waals surface area (Å²) in [5, 5.41) is 14.9. The van der Waals surface area contributed by atoms with E-state index in [1.54, 1.807) is 11.3 Å². The van der Waals surface area contributed by atoms with Crippen LogP contribution in [-0.4, -0.2) is 36.3 Å². The molecule has 0 unspecified atom stereocenters. The molecule has 0 aliphatic heterocycles. The minimum Gasteiger partial charge on any atom is -0.389 e. The normalized spacial score (nSPS) is 18.5. The fourth-order valence-electron chi connectivity index (χ4n) is 2.56. The van der Waals surface area contributed by atoms with Crippen molar-refractivity contribution < 1.29 is 5.11 Å². The largest absolute Gasteiger partial charge is 0.389 e. The lowest BCUT2D eigenvalue weighted by molar-refractivity contribution is 0.00471. The van der Waals surface area contributed by atoms with Crippen molar-refractivity contribution in [2.75, 3.05) is 25.5 Å². The first-order chi connectivity index (χ1) is 9.00. The van der Waals surface area contributed by atoms with E-state index in [4.69, 9.17) is 0 Å².